The number of carbonyl (C=O) groups excluding carboxylic acids is 1. The van der Waals surface area contributed by atoms with Gasteiger partial charge in [-0.1, -0.05) is 13.0 Å². The summed E-state index contributed by atoms with van der Waals surface area (Å²) in [5, 5.41) is 6.77. The Bertz CT molecular complexity index is 636. The molecule has 0 aliphatic carbocycles. The molecule has 164 valence electrons. The third kappa shape index (κ3) is 8.63. The number of pyridine rings is 1. The SMILES string of the molecule is CCCOc1ncccc1CN=C(NCC)NC1CCN(C(=O)OCC)CC1.I. The third-order valence-corrected chi connectivity index (χ3v) is 4.41. The van der Waals surface area contributed by atoms with E-state index in [0.717, 1.165) is 37.3 Å². The van der Waals surface area contributed by atoms with E-state index in [1.807, 2.05) is 26.0 Å². The van der Waals surface area contributed by atoms with E-state index in [9.17, 15) is 4.79 Å². The summed E-state index contributed by atoms with van der Waals surface area (Å²) in [6, 6.07) is 4.16. The highest BCUT2D eigenvalue weighted by molar-refractivity contribution is 14.0. The molecule has 1 saturated heterocycles. The molecular formula is C20H34IN5O3. The Morgan fingerprint density at radius 3 is 2.72 bits per heavy atom. The number of likely N-dealkylation sites (tertiary alicyclic amines) is 1. The molecule has 1 aliphatic rings. The molecule has 9 heteroatoms. The van der Waals surface area contributed by atoms with Crippen molar-refractivity contribution in [2.45, 2.75) is 52.6 Å². The molecule has 2 N–H and O–H groups in total. The molecule has 8 nitrogen and oxygen atoms in total. The van der Waals surface area contributed by atoms with Crippen LogP contribution in [0.5, 0.6) is 5.88 Å². The van der Waals surface area contributed by atoms with Gasteiger partial charge in [0.25, 0.3) is 0 Å². The van der Waals surface area contributed by atoms with Crippen LogP contribution in [-0.2, 0) is 11.3 Å². The number of hydrogen-bond donors (Lipinski definition) is 2. The minimum absolute atomic E-state index is 0. The maximum absolute atomic E-state index is 11.8. The van der Waals surface area contributed by atoms with Gasteiger partial charge < -0.3 is 25.0 Å². The predicted molar refractivity (Wildman–Crippen MR) is 125 cm³/mol. The molecule has 1 aromatic heterocycles. The zero-order valence-electron chi connectivity index (χ0n) is 17.6. The lowest BCUT2D eigenvalue weighted by Gasteiger charge is -2.32. The van der Waals surface area contributed by atoms with Gasteiger partial charge in [-0.25, -0.2) is 14.8 Å². The molecule has 1 aromatic rings. The van der Waals surface area contributed by atoms with Gasteiger partial charge in [-0.3, -0.25) is 0 Å². The normalized spacial score (nSPS) is 14.7. The summed E-state index contributed by atoms with van der Waals surface area (Å²) in [5.74, 6) is 1.41. The van der Waals surface area contributed by atoms with Crippen molar-refractivity contribution in [3.05, 3.63) is 23.9 Å². The minimum Gasteiger partial charge on any atom is -0.477 e. The Hall–Kier alpha value is -1.78. The largest absolute Gasteiger partial charge is 0.477 e. The van der Waals surface area contributed by atoms with E-state index in [1.165, 1.54) is 0 Å². The van der Waals surface area contributed by atoms with E-state index >= 15 is 0 Å². The Labute approximate surface area is 190 Å². The summed E-state index contributed by atoms with van der Waals surface area (Å²) in [6.45, 7) is 9.64. The summed E-state index contributed by atoms with van der Waals surface area (Å²) in [7, 11) is 0. The van der Waals surface area contributed by atoms with E-state index < -0.39 is 0 Å². The van der Waals surface area contributed by atoms with Gasteiger partial charge in [0.15, 0.2) is 5.96 Å². The van der Waals surface area contributed by atoms with Crippen LogP contribution in [0.25, 0.3) is 0 Å². The fourth-order valence-corrected chi connectivity index (χ4v) is 2.97. The van der Waals surface area contributed by atoms with Crippen LogP contribution in [0.4, 0.5) is 4.79 Å². The van der Waals surface area contributed by atoms with Gasteiger partial charge in [-0.15, -0.1) is 24.0 Å². The first-order valence-electron chi connectivity index (χ1n) is 10.2. The van der Waals surface area contributed by atoms with Crippen molar-refractivity contribution < 1.29 is 14.3 Å². The van der Waals surface area contributed by atoms with Crippen LogP contribution in [-0.4, -0.2) is 60.8 Å². The number of aliphatic imine (C=N–C) groups is 1. The Morgan fingerprint density at radius 1 is 1.31 bits per heavy atom. The van der Waals surface area contributed by atoms with Crippen LogP contribution in [0, 0.1) is 0 Å². The van der Waals surface area contributed by atoms with Gasteiger partial charge in [0.2, 0.25) is 5.88 Å². The fraction of sp³-hybridized carbons (Fsp3) is 0.650. The number of ether oxygens (including phenoxy) is 2. The summed E-state index contributed by atoms with van der Waals surface area (Å²) in [5.41, 5.74) is 0.963. The first-order valence-corrected chi connectivity index (χ1v) is 10.2. The maximum Gasteiger partial charge on any atom is 0.409 e. The van der Waals surface area contributed by atoms with E-state index in [1.54, 1.807) is 11.1 Å². The lowest BCUT2D eigenvalue weighted by atomic mass is 10.1. The average molecular weight is 519 g/mol. The zero-order chi connectivity index (χ0) is 20.2. The molecule has 1 amide bonds. The van der Waals surface area contributed by atoms with Crippen molar-refractivity contribution in [3.63, 3.8) is 0 Å². The number of carbonyl (C=O) groups is 1. The third-order valence-electron chi connectivity index (χ3n) is 4.41. The van der Waals surface area contributed by atoms with Gasteiger partial charge in [-0.05, 0) is 39.2 Å². The number of nitrogens with zero attached hydrogens (tertiary/aromatic N) is 3. The van der Waals surface area contributed by atoms with Crippen LogP contribution in [0.15, 0.2) is 23.3 Å². The lowest BCUT2D eigenvalue weighted by molar-refractivity contribution is 0.0963. The van der Waals surface area contributed by atoms with Crippen molar-refractivity contribution in [1.29, 1.82) is 0 Å². The summed E-state index contributed by atoms with van der Waals surface area (Å²) >= 11 is 0. The first-order chi connectivity index (χ1) is 13.7. The Balaban J connectivity index is 0.00000420. The smallest absolute Gasteiger partial charge is 0.409 e. The molecular weight excluding hydrogens is 485 g/mol. The minimum atomic E-state index is -0.224. The van der Waals surface area contributed by atoms with Crippen molar-refractivity contribution in [2.75, 3.05) is 32.8 Å². The van der Waals surface area contributed by atoms with Gasteiger partial charge in [0.1, 0.15) is 0 Å². The summed E-state index contributed by atoms with van der Waals surface area (Å²) < 4.78 is 10.8. The Morgan fingerprint density at radius 2 is 2.07 bits per heavy atom. The fourth-order valence-electron chi connectivity index (χ4n) is 2.97. The van der Waals surface area contributed by atoms with Crippen LogP contribution < -0.4 is 15.4 Å². The molecule has 0 saturated carbocycles. The number of nitrogens with one attached hydrogen (secondary N) is 2. The molecule has 1 aliphatic heterocycles. The molecule has 0 spiro atoms. The standard InChI is InChI=1S/C20H33N5O3.HI/c1-4-14-28-18-16(8-7-11-22-18)15-23-19(21-5-2)24-17-9-12-25(13-10-17)20(26)27-6-3;/h7-8,11,17H,4-6,9-10,12-15H2,1-3H3,(H2,21,23,24);1H. The summed E-state index contributed by atoms with van der Waals surface area (Å²) in [4.78, 5) is 22.6. The first kappa shape index (κ1) is 25.3. The molecule has 29 heavy (non-hydrogen) atoms. The number of hydrogen-bond acceptors (Lipinski definition) is 5. The van der Waals surface area contributed by atoms with Gasteiger partial charge in [0.05, 0.1) is 19.8 Å². The molecule has 0 unspecified atom stereocenters. The second kappa shape index (κ2) is 14.2. The number of halogens is 1. The molecule has 0 aromatic carbocycles. The Kier molecular flexibility index (Phi) is 12.4. The summed E-state index contributed by atoms with van der Waals surface area (Å²) in [6.07, 6.45) is 4.17. The van der Waals surface area contributed by atoms with Crippen molar-refractivity contribution in [3.8, 4) is 5.88 Å². The van der Waals surface area contributed by atoms with E-state index in [2.05, 4.69) is 22.5 Å². The average Bonchev–Trinajstić information content (AvgIpc) is 2.72. The predicted octanol–water partition coefficient (Wildman–Crippen LogP) is 3.16. The van der Waals surface area contributed by atoms with Crippen LogP contribution in [0.1, 0.15) is 45.6 Å². The van der Waals surface area contributed by atoms with Crippen molar-refractivity contribution in [1.82, 2.24) is 20.5 Å². The highest BCUT2D eigenvalue weighted by Crippen LogP contribution is 2.16. The van der Waals surface area contributed by atoms with E-state index in [4.69, 9.17) is 14.5 Å². The van der Waals surface area contributed by atoms with Crippen LogP contribution >= 0.6 is 24.0 Å². The monoisotopic (exact) mass is 519 g/mol. The van der Waals surface area contributed by atoms with Gasteiger partial charge >= 0.3 is 6.09 Å². The highest BCUT2D eigenvalue weighted by atomic mass is 127. The molecule has 2 rings (SSSR count). The highest BCUT2D eigenvalue weighted by Gasteiger charge is 2.24. The van der Waals surface area contributed by atoms with Crippen molar-refractivity contribution >= 4 is 36.0 Å². The molecule has 2 heterocycles. The van der Waals surface area contributed by atoms with Gasteiger partial charge in [-0.2, -0.15) is 0 Å². The second-order valence-electron chi connectivity index (χ2n) is 6.62. The number of piperidine rings is 1. The number of rotatable bonds is 8. The van der Waals surface area contributed by atoms with E-state index in [0.29, 0.717) is 38.7 Å². The van der Waals surface area contributed by atoms with Crippen LogP contribution in [0.2, 0.25) is 0 Å². The quantitative estimate of drug-likeness (QED) is 0.312. The molecule has 0 radical (unpaired) electrons. The number of aromatic nitrogens is 1. The zero-order valence-corrected chi connectivity index (χ0v) is 20.0. The maximum atomic E-state index is 11.8. The molecule has 0 atom stereocenters. The van der Waals surface area contributed by atoms with Gasteiger partial charge in [0, 0.05) is 37.4 Å². The molecule has 0 bridgehead atoms. The van der Waals surface area contributed by atoms with Crippen molar-refractivity contribution in [2.24, 2.45) is 4.99 Å². The number of amides is 1. The number of guanidine groups is 1. The second-order valence-corrected chi connectivity index (χ2v) is 6.62. The lowest BCUT2D eigenvalue weighted by Crippen LogP contribution is -2.49. The molecule has 1 fully saturated rings. The van der Waals surface area contributed by atoms with E-state index in [-0.39, 0.29) is 36.1 Å². The van der Waals surface area contributed by atoms with Crippen LogP contribution in [0.3, 0.4) is 0 Å². The topological polar surface area (TPSA) is 88.1 Å².